The van der Waals surface area contributed by atoms with Crippen LogP contribution >= 0.6 is 11.8 Å². The van der Waals surface area contributed by atoms with Crippen molar-refractivity contribution in [1.29, 1.82) is 0 Å². The second kappa shape index (κ2) is 7.63. The van der Waals surface area contributed by atoms with Gasteiger partial charge in [-0.3, -0.25) is 0 Å². The molecule has 0 saturated carbocycles. The third-order valence-corrected chi connectivity index (χ3v) is 4.79. The van der Waals surface area contributed by atoms with Crippen LogP contribution in [0.2, 0.25) is 0 Å². The van der Waals surface area contributed by atoms with E-state index in [0.717, 1.165) is 24.6 Å². The summed E-state index contributed by atoms with van der Waals surface area (Å²) in [6, 6.07) is 19.5. The molecule has 0 unspecified atom stereocenters. The van der Waals surface area contributed by atoms with Crippen molar-refractivity contribution in [2.45, 2.75) is 6.54 Å². The van der Waals surface area contributed by atoms with Gasteiger partial charge in [0.2, 0.25) is 0 Å². The molecule has 114 valence electrons. The Morgan fingerprint density at radius 2 is 1.59 bits per heavy atom. The minimum atomic E-state index is 0.264. The van der Waals surface area contributed by atoms with Gasteiger partial charge in [-0.2, -0.15) is 11.8 Å². The minimum absolute atomic E-state index is 0.264. The molecule has 0 aromatic heterocycles. The monoisotopic (exact) mass is 311 g/mol. The molecule has 0 aliphatic carbocycles. The minimum Gasteiger partial charge on any atom is -0.396 e. The van der Waals surface area contributed by atoms with E-state index in [-0.39, 0.29) is 6.61 Å². The van der Waals surface area contributed by atoms with Crippen LogP contribution in [0.5, 0.6) is 0 Å². The highest BCUT2D eigenvalue weighted by atomic mass is 32.2. The first kappa shape index (κ1) is 15.3. The van der Waals surface area contributed by atoms with Crippen molar-refractivity contribution in [2.24, 2.45) is 0 Å². The molecule has 0 heterocycles. The Labute approximate surface area is 135 Å². The van der Waals surface area contributed by atoms with Gasteiger partial charge in [0, 0.05) is 24.6 Å². The molecule has 0 amide bonds. The Morgan fingerprint density at radius 1 is 0.864 bits per heavy atom. The summed E-state index contributed by atoms with van der Waals surface area (Å²) in [5.41, 5.74) is 1.35. The lowest BCUT2D eigenvalue weighted by atomic mass is 9.97. The van der Waals surface area contributed by atoms with Crippen molar-refractivity contribution in [3.05, 3.63) is 60.2 Å². The summed E-state index contributed by atoms with van der Waals surface area (Å²) in [6.07, 6.45) is 0. The summed E-state index contributed by atoms with van der Waals surface area (Å²) < 4.78 is 0. The third-order valence-electron chi connectivity index (χ3n) is 3.83. The Hall–Kier alpha value is -1.55. The highest BCUT2D eigenvalue weighted by molar-refractivity contribution is 7.99. The summed E-state index contributed by atoms with van der Waals surface area (Å²) in [6.45, 7) is 2.11. The Kier molecular flexibility index (Phi) is 5.33. The number of nitrogens with one attached hydrogen (secondary N) is 1. The molecule has 0 spiro atoms. The summed E-state index contributed by atoms with van der Waals surface area (Å²) in [4.78, 5) is 0. The molecule has 2 nitrogen and oxygen atoms in total. The van der Waals surface area contributed by atoms with Gasteiger partial charge in [-0.1, -0.05) is 48.5 Å². The van der Waals surface area contributed by atoms with E-state index in [1.54, 1.807) is 11.8 Å². The molecule has 3 rings (SSSR count). The maximum Gasteiger partial charge on any atom is 0.0521 e. The largest absolute Gasteiger partial charge is 0.396 e. The first-order valence-corrected chi connectivity index (χ1v) is 8.84. The Morgan fingerprint density at radius 3 is 2.41 bits per heavy atom. The molecular weight excluding hydrogens is 290 g/mol. The van der Waals surface area contributed by atoms with Crippen molar-refractivity contribution in [2.75, 3.05) is 24.7 Å². The lowest BCUT2D eigenvalue weighted by Gasteiger charge is -2.11. The molecule has 0 saturated heterocycles. The van der Waals surface area contributed by atoms with Crippen molar-refractivity contribution in [3.63, 3.8) is 0 Å². The van der Waals surface area contributed by atoms with Crippen molar-refractivity contribution in [1.82, 2.24) is 5.32 Å². The number of fused-ring (bicyclic) bond motifs is 3. The SMILES string of the molecule is OCCSCCNCc1cc2ccccc2c2ccccc12. The average molecular weight is 311 g/mol. The van der Waals surface area contributed by atoms with Crippen LogP contribution in [0.25, 0.3) is 21.5 Å². The quantitative estimate of drug-likeness (QED) is 0.514. The number of rotatable bonds is 7. The van der Waals surface area contributed by atoms with E-state index in [1.807, 2.05) is 0 Å². The van der Waals surface area contributed by atoms with Gasteiger partial charge in [-0.05, 0) is 33.2 Å². The Bertz CT molecular complexity index is 757. The number of aliphatic hydroxyl groups is 1. The summed E-state index contributed by atoms with van der Waals surface area (Å²) >= 11 is 1.78. The van der Waals surface area contributed by atoms with Crippen LogP contribution in [-0.2, 0) is 6.54 Å². The molecule has 3 aromatic carbocycles. The fourth-order valence-electron chi connectivity index (χ4n) is 2.81. The van der Waals surface area contributed by atoms with Gasteiger partial charge in [0.15, 0.2) is 0 Å². The molecule has 3 aromatic rings. The second-order valence-electron chi connectivity index (χ2n) is 5.32. The fourth-order valence-corrected chi connectivity index (χ4v) is 3.43. The second-order valence-corrected chi connectivity index (χ2v) is 6.54. The smallest absolute Gasteiger partial charge is 0.0521 e. The molecule has 0 atom stereocenters. The lowest BCUT2D eigenvalue weighted by molar-refractivity contribution is 0.322. The lowest BCUT2D eigenvalue weighted by Crippen LogP contribution is -2.17. The Balaban J connectivity index is 1.82. The topological polar surface area (TPSA) is 32.3 Å². The average Bonchev–Trinajstić information content (AvgIpc) is 2.58. The van der Waals surface area contributed by atoms with Crippen LogP contribution in [0, 0.1) is 0 Å². The number of thioether (sulfide) groups is 1. The van der Waals surface area contributed by atoms with Crippen LogP contribution in [0.4, 0.5) is 0 Å². The zero-order valence-corrected chi connectivity index (χ0v) is 13.4. The van der Waals surface area contributed by atoms with Crippen molar-refractivity contribution in [3.8, 4) is 0 Å². The predicted molar refractivity (Wildman–Crippen MR) is 97.6 cm³/mol. The summed E-state index contributed by atoms with van der Waals surface area (Å²) in [5.74, 6) is 1.85. The van der Waals surface area contributed by atoms with Gasteiger partial charge in [0.25, 0.3) is 0 Å². The van der Waals surface area contributed by atoms with E-state index in [1.165, 1.54) is 27.1 Å². The zero-order chi connectivity index (χ0) is 15.2. The van der Waals surface area contributed by atoms with Gasteiger partial charge in [0.05, 0.1) is 6.61 Å². The fraction of sp³-hybridized carbons (Fsp3) is 0.263. The third kappa shape index (κ3) is 3.43. The van der Waals surface area contributed by atoms with E-state index < -0.39 is 0 Å². The number of aliphatic hydroxyl groups excluding tert-OH is 1. The van der Waals surface area contributed by atoms with E-state index in [2.05, 4.69) is 59.9 Å². The number of benzene rings is 3. The van der Waals surface area contributed by atoms with Gasteiger partial charge in [-0.25, -0.2) is 0 Å². The molecule has 0 radical (unpaired) electrons. The van der Waals surface area contributed by atoms with Crippen molar-refractivity contribution >= 4 is 33.3 Å². The molecule has 2 N–H and O–H groups in total. The van der Waals surface area contributed by atoms with E-state index in [0.29, 0.717) is 0 Å². The number of hydrogen-bond acceptors (Lipinski definition) is 3. The van der Waals surface area contributed by atoms with Crippen molar-refractivity contribution < 1.29 is 5.11 Å². The molecule has 0 aliphatic rings. The molecule has 0 bridgehead atoms. The summed E-state index contributed by atoms with van der Waals surface area (Å²) in [7, 11) is 0. The highest BCUT2D eigenvalue weighted by Gasteiger charge is 2.05. The van der Waals surface area contributed by atoms with Gasteiger partial charge in [0.1, 0.15) is 0 Å². The van der Waals surface area contributed by atoms with Crippen LogP contribution in [-0.4, -0.2) is 29.8 Å². The van der Waals surface area contributed by atoms with Crippen LogP contribution < -0.4 is 5.32 Å². The predicted octanol–water partition coefficient (Wildman–Crippen LogP) is 3.81. The van der Waals surface area contributed by atoms with E-state index in [4.69, 9.17) is 5.11 Å². The molecule has 0 aliphatic heterocycles. The molecular formula is C19H21NOS. The molecule has 22 heavy (non-hydrogen) atoms. The van der Waals surface area contributed by atoms with E-state index >= 15 is 0 Å². The van der Waals surface area contributed by atoms with Gasteiger partial charge < -0.3 is 10.4 Å². The number of hydrogen-bond donors (Lipinski definition) is 2. The van der Waals surface area contributed by atoms with Crippen LogP contribution in [0.1, 0.15) is 5.56 Å². The molecule has 0 fully saturated rings. The standard InChI is InChI=1S/C19H21NOS/c21-10-12-22-11-9-20-14-16-13-15-5-1-2-6-17(15)19-8-4-3-7-18(16)19/h1-8,13,20-21H,9-12,14H2. The maximum atomic E-state index is 8.78. The normalized spacial score (nSPS) is 11.3. The first-order chi connectivity index (χ1) is 10.9. The van der Waals surface area contributed by atoms with E-state index in [9.17, 15) is 0 Å². The zero-order valence-electron chi connectivity index (χ0n) is 12.6. The first-order valence-electron chi connectivity index (χ1n) is 7.69. The van der Waals surface area contributed by atoms with Gasteiger partial charge >= 0.3 is 0 Å². The maximum absolute atomic E-state index is 8.78. The van der Waals surface area contributed by atoms with Gasteiger partial charge in [-0.15, -0.1) is 0 Å². The highest BCUT2D eigenvalue weighted by Crippen LogP contribution is 2.28. The van der Waals surface area contributed by atoms with Crippen LogP contribution in [0.3, 0.4) is 0 Å². The summed E-state index contributed by atoms with van der Waals surface area (Å²) in [5, 5.41) is 17.6. The van der Waals surface area contributed by atoms with Crippen LogP contribution in [0.15, 0.2) is 54.6 Å². The molecule has 3 heteroatoms.